The van der Waals surface area contributed by atoms with E-state index in [2.05, 4.69) is 11.2 Å². The highest BCUT2D eigenvalue weighted by atomic mass is 32.2. The molecule has 2 fully saturated rings. The van der Waals surface area contributed by atoms with Gasteiger partial charge < -0.3 is 0 Å². The summed E-state index contributed by atoms with van der Waals surface area (Å²) in [5, 5.41) is 4.31. The maximum Gasteiger partial charge on any atom is 0.0788 e. The second-order valence-electron chi connectivity index (χ2n) is 2.85. The summed E-state index contributed by atoms with van der Waals surface area (Å²) in [5.41, 5.74) is 0. The molecule has 1 nitrogen and oxygen atoms in total. The molecular weight excluding hydrogens is 130 g/mol. The number of hydrogen-bond acceptors (Lipinski definition) is 2. The molecule has 0 aromatic carbocycles. The van der Waals surface area contributed by atoms with Crippen molar-refractivity contribution in [2.75, 3.05) is 0 Å². The number of fused-ring (bicyclic) bond motifs is 1. The summed E-state index contributed by atoms with van der Waals surface area (Å²) in [6.45, 7) is 0. The molecular formula is C7H12NS. The van der Waals surface area contributed by atoms with Gasteiger partial charge in [0, 0.05) is 11.3 Å². The van der Waals surface area contributed by atoms with Gasteiger partial charge in [0.15, 0.2) is 0 Å². The van der Waals surface area contributed by atoms with E-state index in [4.69, 9.17) is 0 Å². The second kappa shape index (κ2) is 2.51. The fourth-order valence-electron chi connectivity index (χ4n) is 1.66. The van der Waals surface area contributed by atoms with Gasteiger partial charge >= 0.3 is 0 Å². The van der Waals surface area contributed by atoms with E-state index >= 15 is 0 Å². The lowest BCUT2D eigenvalue weighted by Gasteiger charge is -2.23. The smallest absolute Gasteiger partial charge is 0.0788 e. The number of thioether (sulfide) groups is 1. The molecule has 2 atom stereocenters. The summed E-state index contributed by atoms with van der Waals surface area (Å²) in [6.07, 6.45) is 5.71. The van der Waals surface area contributed by atoms with Gasteiger partial charge in [0.1, 0.15) is 0 Å². The average Bonchev–Trinajstić information content (AvgIpc) is 2.33. The molecule has 1 aliphatic heterocycles. The van der Waals surface area contributed by atoms with Crippen molar-refractivity contribution in [3.8, 4) is 0 Å². The Morgan fingerprint density at radius 3 is 3.11 bits per heavy atom. The monoisotopic (exact) mass is 142 g/mol. The third kappa shape index (κ3) is 1.10. The van der Waals surface area contributed by atoms with Gasteiger partial charge in [-0.1, -0.05) is 12.8 Å². The molecule has 0 amide bonds. The van der Waals surface area contributed by atoms with Crippen LogP contribution in [0.2, 0.25) is 0 Å². The number of rotatable bonds is 0. The fraction of sp³-hybridized carbons (Fsp3) is 0.857. The van der Waals surface area contributed by atoms with Crippen LogP contribution >= 0.6 is 11.8 Å². The summed E-state index contributed by atoms with van der Waals surface area (Å²) in [5.74, 6) is 2.17. The molecule has 1 aliphatic carbocycles. The normalized spacial score (nSPS) is 42.7. The van der Waals surface area contributed by atoms with Crippen molar-refractivity contribution >= 4 is 11.8 Å². The first kappa shape index (κ1) is 6.05. The Balaban J connectivity index is 1.97. The predicted molar refractivity (Wildman–Crippen MR) is 41.1 cm³/mol. The van der Waals surface area contributed by atoms with Gasteiger partial charge in [0.25, 0.3) is 0 Å². The summed E-state index contributed by atoms with van der Waals surface area (Å²) < 4.78 is 0. The van der Waals surface area contributed by atoms with Crippen LogP contribution in [-0.2, 0) is 0 Å². The van der Waals surface area contributed by atoms with Crippen molar-refractivity contribution in [1.82, 2.24) is 5.32 Å². The lowest BCUT2D eigenvalue weighted by Crippen LogP contribution is -2.31. The molecule has 9 heavy (non-hydrogen) atoms. The van der Waals surface area contributed by atoms with E-state index in [0.29, 0.717) is 0 Å². The third-order valence-corrected chi connectivity index (χ3v) is 3.41. The molecule has 2 unspecified atom stereocenters. The van der Waals surface area contributed by atoms with Crippen molar-refractivity contribution in [2.24, 2.45) is 0 Å². The van der Waals surface area contributed by atoms with Crippen LogP contribution in [0.5, 0.6) is 0 Å². The van der Waals surface area contributed by atoms with Crippen LogP contribution in [0.15, 0.2) is 0 Å². The molecule has 1 saturated heterocycles. The molecule has 2 heteroatoms. The highest BCUT2D eigenvalue weighted by Crippen LogP contribution is 2.34. The highest BCUT2D eigenvalue weighted by Gasteiger charge is 2.29. The molecule has 0 bridgehead atoms. The third-order valence-electron chi connectivity index (χ3n) is 2.23. The van der Waals surface area contributed by atoms with E-state index in [9.17, 15) is 0 Å². The van der Waals surface area contributed by atoms with Gasteiger partial charge in [-0.3, -0.25) is 5.32 Å². The molecule has 0 aromatic rings. The van der Waals surface area contributed by atoms with Crippen molar-refractivity contribution in [3.05, 3.63) is 5.88 Å². The lowest BCUT2D eigenvalue weighted by atomic mass is 9.95. The Labute approximate surface area is 60.6 Å². The first-order valence-electron chi connectivity index (χ1n) is 3.70. The molecule has 2 aliphatic rings. The maximum absolute atomic E-state index is 3.40. The quantitative estimate of drug-likeness (QED) is 0.553. The van der Waals surface area contributed by atoms with Crippen LogP contribution in [-0.4, -0.2) is 11.3 Å². The minimum Gasteiger partial charge on any atom is -0.299 e. The van der Waals surface area contributed by atoms with Crippen molar-refractivity contribution < 1.29 is 0 Å². The zero-order chi connectivity index (χ0) is 6.10. The van der Waals surface area contributed by atoms with Crippen LogP contribution in [0, 0.1) is 5.88 Å². The van der Waals surface area contributed by atoms with E-state index in [0.717, 1.165) is 11.3 Å². The zero-order valence-electron chi connectivity index (χ0n) is 5.47. The van der Waals surface area contributed by atoms with E-state index in [1.807, 2.05) is 11.8 Å². The standard InChI is InChI=1S/C7H12NS/c1-2-4-7-6(3-1)8-5-9-7/h5-8H,1-4H2. The van der Waals surface area contributed by atoms with Gasteiger partial charge in [-0.05, 0) is 12.8 Å². The molecule has 1 saturated carbocycles. The molecule has 51 valence electrons. The van der Waals surface area contributed by atoms with Crippen LogP contribution in [0.1, 0.15) is 25.7 Å². The first-order chi connectivity index (χ1) is 4.47. The van der Waals surface area contributed by atoms with Crippen LogP contribution < -0.4 is 5.32 Å². The molecule has 1 heterocycles. The summed E-state index contributed by atoms with van der Waals surface area (Å²) in [7, 11) is 0. The summed E-state index contributed by atoms with van der Waals surface area (Å²) in [4.78, 5) is 0. The fourth-order valence-corrected chi connectivity index (χ4v) is 2.80. The van der Waals surface area contributed by atoms with Crippen molar-refractivity contribution in [3.63, 3.8) is 0 Å². The van der Waals surface area contributed by atoms with E-state index in [1.54, 1.807) is 0 Å². The maximum atomic E-state index is 3.40. The topological polar surface area (TPSA) is 12.0 Å². The van der Waals surface area contributed by atoms with Crippen LogP contribution in [0.3, 0.4) is 0 Å². The molecule has 0 spiro atoms. The Bertz CT molecular complexity index is 93.1. The predicted octanol–water partition coefficient (Wildman–Crippen LogP) is 1.75. The molecule has 1 radical (unpaired) electrons. The SMILES string of the molecule is [CH]1NC2CCCCC2S1. The Hall–Kier alpha value is 0.310. The summed E-state index contributed by atoms with van der Waals surface area (Å²) >= 11 is 1.99. The first-order valence-corrected chi connectivity index (χ1v) is 4.64. The molecule has 2 rings (SSSR count). The summed E-state index contributed by atoms with van der Waals surface area (Å²) in [6, 6.07) is 0.823. The highest BCUT2D eigenvalue weighted by molar-refractivity contribution is 8.02. The molecule has 0 aromatic heterocycles. The Morgan fingerprint density at radius 1 is 1.33 bits per heavy atom. The Kier molecular flexibility index (Phi) is 1.68. The largest absolute Gasteiger partial charge is 0.299 e. The van der Waals surface area contributed by atoms with Crippen LogP contribution in [0.25, 0.3) is 0 Å². The Morgan fingerprint density at radius 2 is 2.22 bits per heavy atom. The molecule has 1 N–H and O–H groups in total. The zero-order valence-corrected chi connectivity index (χ0v) is 6.29. The average molecular weight is 142 g/mol. The van der Waals surface area contributed by atoms with E-state index in [-0.39, 0.29) is 0 Å². The van der Waals surface area contributed by atoms with Crippen LogP contribution in [0.4, 0.5) is 0 Å². The van der Waals surface area contributed by atoms with Gasteiger partial charge in [0.05, 0.1) is 5.88 Å². The van der Waals surface area contributed by atoms with E-state index in [1.165, 1.54) is 25.7 Å². The minimum absolute atomic E-state index is 0.823. The van der Waals surface area contributed by atoms with Gasteiger partial charge in [0.2, 0.25) is 0 Å². The van der Waals surface area contributed by atoms with Gasteiger partial charge in [-0.25, -0.2) is 0 Å². The minimum atomic E-state index is 0.823. The van der Waals surface area contributed by atoms with Crippen molar-refractivity contribution in [1.29, 1.82) is 0 Å². The van der Waals surface area contributed by atoms with Gasteiger partial charge in [-0.15, -0.1) is 11.8 Å². The van der Waals surface area contributed by atoms with Crippen molar-refractivity contribution in [2.45, 2.75) is 37.0 Å². The van der Waals surface area contributed by atoms with Gasteiger partial charge in [-0.2, -0.15) is 0 Å². The number of hydrogen-bond donors (Lipinski definition) is 1. The lowest BCUT2D eigenvalue weighted by molar-refractivity contribution is 0.426. The number of nitrogens with one attached hydrogen (secondary N) is 1. The van der Waals surface area contributed by atoms with E-state index < -0.39 is 0 Å². The second-order valence-corrected chi connectivity index (χ2v) is 3.96.